The van der Waals surface area contributed by atoms with Crippen LogP contribution in [0.15, 0.2) is 60.8 Å². The lowest BCUT2D eigenvalue weighted by molar-refractivity contribution is -0.134. The second kappa shape index (κ2) is 12.2. The number of nitrogens with one attached hydrogen (secondary N) is 3. The highest BCUT2D eigenvalue weighted by Crippen LogP contribution is 2.53. The monoisotopic (exact) mass is 719 g/mol. The Hall–Kier alpha value is -5.59. The molecule has 3 N–H and O–H groups in total. The van der Waals surface area contributed by atoms with Gasteiger partial charge >= 0.3 is 6.09 Å². The van der Waals surface area contributed by atoms with Gasteiger partial charge in [0, 0.05) is 35.5 Å². The van der Waals surface area contributed by atoms with E-state index >= 15 is 8.78 Å². The third-order valence-electron chi connectivity index (χ3n) is 11.7. The Labute approximate surface area is 304 Å². The van der Waals surface area contributed by atoms with Crippen molar-refractivity contribution in [2.24, 2.45) is 11.3 Å². The van der Waals surface area contributed by atoms with Gasteiger partial charge in [0.15, 0.2) is 0 Å². The number of carbonyl (C=O) groups is 3. The smallest absolute Gasteiger partial charge is 0.407 e. The maximum absolute atomic E-state index is 16.3. The normalized spacial score (nSPS) is 21.4. The van der Waals surface area contributed by atoms with Crippen molar-refractivity contribution in [3.63, 3.8) is 0 Å². The molecule has 3 amide bonds. The predicted octanol–water partition coefficient (Wildman–Crippen LogP) is 6.91. The van der Waals surface area contributed by atoms with Crippen LogP contribution >= 0.6 is 0 Å². The average Bonchev–Trinajstić information content (AvgIpc) is 3.73. The second-order valence-electron chi connectivity index (χ2n) is 15.3. The van der Waals surface area contributed by atoms with Crippen LogP contribution in [0.25, 0.3) is 44.5 Å². The number of aromatic nitrogens is 4. The molecular weight excluding hydrogens is 680 g/mol. The summed E-state index contributed by atoms with van der Waals surface area (Å²) in [6.45, 7) is 2.99. The lowest BCUT2D eigenvalue weighted by Gasteiger charge is -2.34. The van der Waals surface area contributed by atoms with E-state index in [2.05, 4.69) is 31.9 Å². The van der Waals surface area contributed by atoms with Gasteiger partial charge in [0.1, 0.15) is 18.2 Å². The number of aromatic amines is 2. The van der Waals surface area contributed by atoms with Crippen LogP contribution in [-0.2, 0) is 26.8 Å². The Morgan fingerprint density at radius 3 is 2.47 bits per heavy atom. The van der Waals surface area contributed by atoms with E-state index in [0.29, 0.717) is 52.7 Å². The minimum atomic E-state index is -3.23. The molecule has 0 unspecified atom stereocenters. The lowest BCUT2D eigenvalue weighted by Crippen LogP contribution is -2.45. The fourth-order valence-electron chi connectivity index (χ4n) is 8.70. The molecule has 272 valence electrons. The minimum Gasteiger partial charge on any atom is -0.453 e. The van der Waals surface area contributed by atoms with Crippen LogP contribution in [0.4, 0.5) is 13.6 Å². The SMILES string of the molecule is COC(=O)NCC(=O)N1[C@@H]2CC[C@@H](C2)[C@H]1c1nc2ccc(-c3ccc4c(c3)C(F)(F)c3cc(-c5c[nH]c(CN(C=O)CC6(C)CC6)n5)ccc3-4)cc2[nH]1. The number of benzene rings is 3. The van der Waals surface area contributed by atoms with E-state index in [9.17, 15) is 14.4 Å². The summed E-state index contributed by atoms with van der Waals surface area (Å²) >= 11 is 0. The predicted molar refractivity (Wildman–Crippen MR) is 192 cm³/mol. The molecule has 3 heterocycles. The van der Waals surface area contributed by atoms with Gasteiger partial charge in [0.2, 0.25) is 12.3 Å². The van der Waals surface area contributed by atoms with E-state index in [1.807, 2.05) is 35.2 Å². The van der Waals surface area contributed by atoms with Crippen LogP contribution in [0.2, 0.25) is 0 Å². The van der Waals surface area contributed by atoms with E-state index in [-0.39, 0.29) is 47.0 Å². The summed E-state index contributed by atoms with van der Waals surface area (Å²) < 4.78 is 37.2. The second-order valence-corrected chi connectivity index (χ2v) is 15.3. The van der Waals surface area contributed by atoms with Gasteiger partial charge in [-0.1, -0.05) is 37.3 Å². The number of ether oxygens (including phenoxy) is 1. The first-order valence-electron chi connectivity index (χ1n) is 18.1. The van der Waals surface area contributed by atoms with Crippen LogP contribution in [0.5, 0.6) is 0 Å². The number of piperidine rings is 1. The number of hydrogen-bond acceptors (Lipinski definition) is 6. The fraction of sp³-hybridized carbons (Fsp3) is 0.375. The molecule has 1 saturated heterocycles. The minimum absolute atomic E-state index is 0.0536. The number of alkyl halides is 2. The standard InChI is InChI=1S/C40H39F2N7O4/c1-39(11-12-39)20-48(21-50)19-34-43-17-33(45-34)24-5-9-28-27-8-4-22(14-29(27)40(41,42)30(28)15-24)23-6-10-31-32(16-23)47-37(46-31)36-25-3-7-26(13-25)49(36)35(51)18-44-38(52)53-2/h4-6,8-10,14-17,21,25-26,36H,3,7,11-13,18-20H2,1-2H3,(H,43,45)(H,44,52)(H,46,47)/t25-,26+,36-/m0/s1. The third kappa shape index (κ3) is 5.73. The number of alkyl carbamates (subject to hydrolysis) is 1. The van der Waals surface area contributed by atoms with Gasteiger partial charge in [-0.2, -0.15) is 8.78 Å². The summed E-state index contributed by atoms with van der Waals surface area (Å²) in [6, 6.07) is 15.8. The maximum atomic E-state index is 16.3. The Kier molecular flexibility index (Phi) is 7.68. The maximum Gasteiger partial charge on any atom is 0.407 e. The molecule has 2 bridgehead atoms. The first-order chi connectivity index (χ1) is 25.5. The van der Waals surface area contributed by atoms with Gasteiger partial charge in [0.25, 0.3) is 5.92 Å². The summed E-state index contributed by atoms with van der Waals surface area (Å²) in [6.07, 6.45) is 6.85. The van der Waals surface area contributed by atoms with E-state index in [1.54, 1.807) is 29.3 Å². The molecule has 0 radical (unpaired) electrons. The molecule has 1 aliphatic heterocycles. The zero-order valence-corrected chi connectivity index (χ0v) is 29.4. The van der Waals surface area contributed by atoms with Gasteiger partial charge in [-0.3, -0.25) is 9.59 Å². The van der Waals surface area contributed by atoms with E-state index in [4.69, 9.17) is 4.98 Å². The van der Waals surface area contributed by atoms with Crippen molar-refractivity contribution in [2.45, 2.75) is 63.6 Å². The first-order valence-corrected chi connectivity index (χ1v) is 18.1. The molecule has 13 heteroatoms. The van der Waals surface area contributed by atoms with Gasteiger partial charge in [0.05, 0.1) is 36.4 Å². The number of fused-ring (bicyclic) bond motifs is 6. The van der Waals surface area contributed by atoms with E-state index in [0.717, 1.165) is 55.1 Å². The van der Waals surface area contributed by atoms with Crippen LogP contribution in [0.1, 0.15) is 67.8 Å². The number of likely N-dealkylation sites (tertiary alicyclic amines) is 1. The Bertz CT molecular complexity index is 2300. The third-order valence-corrected chi connectivity index (χ3v) is 11.7. The molecule has 11 nitrogen and oxygen atoms in total. The van der Waals surface area contributed by atoms with E-state index < -0.39 is 12.0 Å². The molecule has 4 aliphatic rings. The van der Waals surface area contributed by atoms with Crippen LogP contribution in [0, 0.1) is 11.3 Å². The molecule has 0 spiro atoms. The van der Waals surface area contributed by atoms with Crippen molar-refractivity contribution in [2.75, 3.05) is 20.2 Å². The van der Waals surface area contributed by atoms with Crippen molar-refractivity contribution < 1.29 is 27.9 Å². The number of rotatable bonds is 10. The zero-order valence-electron chi connectivity index (χ0n) is 29.4. The number of methoxy groups -OCH3 is 1. The number of carbonyl (C=O) groups excluding carboxylic acids is 3. The fourth-order valence-corrected chi connectivity index (χ4v) is 8.70. The van der Waals surface area contributed by atoms with Crippen LogP contribution in [0.3, 0.4) is 0 Å². The number of halogens is 2. The summed E-state index contributed by atoms with van der Waals surface area (Å²) in [5.74, 6) is -1.87. The van der Waals surface area contributed by atoms with Crippen molar-refractivity contribution in [1.82, 2.24) is 35.1 Å². The molecule has 53 heavy (non-hydrogen) atoms. The van der Waals surface area contributed by atoms with Gasteiger partial charge in [-0.15, -0.1) is 0 Å². The summed E-state index contributed by atoms with van der Waals surface area (Å²) in [7, 11) is 1.26. The van der Waals surface area contributed by atoms with E-state index in [1.165, 1.54) is 13.2 Å². The molecule has 2 aromatic heterocycles. The van der Waals surface area contributed by atoms with Crippen molar-refractivity contribution in [3.05, 3.63) is 83.6 Å². The van der Waals surface area contributed by atoms with Crippen LogP contribution in [-0.4, -0.2) is 74.4 Å². The van der Waals surface area contributed by atoms with Gasteiger partial charge in [-0.25, -0.2) is 14.8 Å². The number of imidazole rings is 2. The molecule has 3 aliphatic carbocycles. The average molecular weight is 720 g/mol. The number of H-pyrrole nitrogens is 2. The molecule has 3 fully saturated rings. The summed E-state index contributed by atoms with van der Waals surface area (Å²) in [5.41, 5.74) is 5.01. The lowest BCUT2D eigenvalue weighted by atomic mass is 9.98. The van der Waals surface area contributed by atoms with Crippen molar-refractivity contribution in [1.29, 1.82) is 0 Å². The molecule has 3 aromatic carbocycles. The number of amides is 3. The zero-order chi connectivity index (χ0) is 36.6. The van der Waals surface area contributed by atoms with Crippen molar-refractivity contribution >= 4 is 29.4 Å². The van der Waals surface area contributed by atoms with Crippen molar-refractivity contribution in [3.8, 4) is 33.5 Å². The molecular formula is C40H39F2N7O4. The number of hydrogen-bond donors (Lipinski definition) is 3. The first kappa shape index (κ1) is 33.3. The van der Waals surface area contributed by atoms with Gasteiger partial charge < -0.3 is 29.8 Å². The van der Waals surface area contributed by atoms with Gasteiger partial charge in [-0.05, 0) is 90.0 Å². The quantitative estimate of drug-likeness (QED) is 0.134. The molecule has 2 saturated carbocycles. The Balaban J connectivity index is 0.958. The molecule has 3 atom stereocenters. The number of nitrogens with zero attached hydrogens (tertiary/aromatic N) is 4. The Morgan fingerprint density at radius 1 is 1.02 bits per heavy atom. The highest BCUT2D eigenvalue weighted by Gasteiger charge is 2.50. The highest BCUT2D eigenvalue weighted by atomic mass is 19.3. The summed E-state index contributed by atoms with van der Waals surface area (Å²) in [4.78, 5) is 56.1. The van der Waals surface area contributed by atoms with Crippen LogP contribution < -0.4 is 5.32 Å². The topological polar surface area (TPSA) is 136 Å². The largest absolute Gasteiger partial charge is 0.453 e. The Morgan fingerprint density at radius 2 is 1.74 bits per heavy atom. The molecule has 5 aromatic rings. The molecule has 9 rings (SSSR count). The highest BCUT2D eigenvalue weighted by molar-refractivity contribution is 5.87. The summed E-state index contributed by atoms with van der Waals surface area (Å²) in [5, 5.41) is 2.50.